The minimum Gasteiger partial charge on any atom is -0.478 e. The van der Waals surface area contributed by atoms with Crippen molar-refractivity contribution in [3.8, 4) is 0 Å². The topological polar surface area (TPSA) is 62.2 Å². The van der Waals surface area contributed by atoms with Crippen LogP contribution in [-0.2, 0) is 6.54 Å². The van der Waals surface area contributed by atoms with E-state index in [2.05, 4.69) is 10.3 Å². The molecule has 0 aliphatic carbocycles. The lowest BCUT2D eigenvalue weighted by molar-refractivity contribution is 0.0697. The first-order valence-corrected chi connectivity index (χ1v) is 5.70. The fourth-order valence-electron chi connectivity index (χ4n) is 1.47. The molecule has 1 aromatic carbocycles. The molecule has 18 heavy (non-hydrogen) atoms. The van der Waals surface area contributed by atoms with E-state index in [4.69, 9.17) is 16.7 Å². The normalized spacial score (nSPS) is 10.1. The molecule has 0 amide bonds. The van der Waals surface area contributed by atoms with E-state index in [1.54, 1.807) is 42.7 Å². The Bertz CT molecular complexity index is 555. The Morgan fingerprint density at radius 2 is 2.00 bits per heavy atom. The van der Waals surface area contributed by atoms with Crippen LogP contribution in [0.25, 0.3) is 0 Å². The quantitative estimate of drug-likeness (QED) is 0.889. The Balaban J connectivity index is 2.02. The molecule has 92 valence electrons. The molecule has 0 aliphatic rings. The molecule has 0 atom stereocenters. The lowest BCUT2D eigenvalue weighted by Crippen LogP contribution is -2.01. The number of nitrogens with zero attached hydrogens (tertiary/aromatic N) is 1. The van der Waals surface area contributed by atoms with Crippen LogP contribution in [0.4, 0.5) is 5.69 Å². The number of carbonyl (C=O) groups is 1. The number of benzene rings is 1. The van der Waals surface area contributed by atoms with Gasteiger partial charge in [-0.25, -0.2) is 4.79 Å². The van der Waals surface area contributed by atoms with Crippen molar-refractivity contribution in [1.82, 2.24) is 4.98 Å². The Kier molecular flexibility index (Phi) is 3.79. The number of nitrogens with one attached hydrogen (secondary N) is 1. The molecule has 0 fully saturated rings. The van der Waals surface area contributed by atoms with Crippen LogP contribution >= 0.6 is 11.6 Å². The van der Waals surface area contributed by atoms with Crippen molar-refractivity contribution >= 4 is 23.3 Å². The van der Waals surface area contributed by atoms with Gasteiger partial charge < -0.3 is 10.4 Å². The molecule has 0 unspecified atom stereocenters. The first-order chi connectivity index (χ1) is 8.66. The molecule has 0 aliphatic heterocycles. The number of hydrogen-bond acceptors (Lipinski definition) is 3. The fourth-order valence-corrected chi connectivity index (χ4v) is 1.64. The lowest BCUT2D eigenvalue weighted by Gasteiger charge is -2.07. The molecule has 5 heteroatoms. The number of carboxylic acids is 1. The van der Waals surface area contributed by atoms with E-state index in [9.17, 15) is 4.79 Å². The van der Waals surface area contributed by atoms with E-state index in [-0.39, 0.29) is 5.56 Å². The maximum absolute atomic E-state index is 10.7. The van der Waals surface area contributed by atoms with Gasteiger partial charge in [-0.1, -0.05) is 23.7 Å². The van der Waals surface area contributed by atoms with Crippen LogP contribution in [0, 0.1) is 0 Å². The van der Waals surface area contributed by atoms with Crippen LogP contribution in [-0.4, -0.2) is 16.1 Å². The van der Waals surface area contributed by atoms with Crippen LogP contribution in [0.15, 0.2) is 42.7 Å². The van der Waals surface area contributed by atoms with Gasteiger partial charge in [0.15, 0.2) is 0 Å². The summed E-state index contributed by atoms with van der Waals surface area (Å²) in [7, 11) is 0. The second kappa shape index (κ2) is 5.51. The van der Waals surface area contributed by atoms with Gasteiger partial charge in [0, 0.05) is 12.7 Å². The van der Waals surface area contributed by atoms with Crippen LogP contribution in [0.1, 0.15) is 15.9 Å². The van der Waals surface area contributed by atoms with Crippen LogP contribution in [0.2, 0.25) is 5.02 Å². The van der Waals surface area contributed by atoms with Gasteiger partial charge in [-0.05, 0) is 23.8 Å². The van der Waals surface area contributed by atoms with E-state index in [1.807, 2.05) is 0 Å². The molecule has 0 saturated carbocycles. The van der Waals surface area contributed by atoms with Crippen molar-refractivity contribution in [2.24, 2.45) is 0 Å². The van der Waals surface area contributed by atoms with Gasteiger partial charge >= 0.3 is 5.97 Å². The maximum Gasteiger partial charge on any atom is 0.335 e. The first kappa shape index (κ1) is 12.4. The summed E-state index contributed by atoms with van der Waals surface area (Å²) < 4.78 is 0. The summed E-state index contributed by atoms with van der Waals surface area (Å²) in [4.78, 5) is 14.7. The Morgan fingerprint density at radius 3 is 2.61 bits per heavy atom. The molecule has 0 radical (unpaired) electrons. The van der Waals surface area contributed by atoms with Gasteiger partial charge in [-0.3, -0.25) is 4.98 Å². The van der Waals surface area contributed by atoms with Gasteiger partial charge in [0.25, 0.3) is 0 Å². The summed E-state index contributed by atoms with van der Waals surface area (Å²) in [6, 6.07) is 8.38. The molecule has 2 aromatic rings. The van der Waals surface area contributed by atoms with E-state index in [0.29, 0.717) is 11.6 Å². The largest absolute Gasteiger partial charge is 0.478 e. The second-order valence-corrected chi connectivity index (χ2v) is 4.12. The molecular formula is C13H11ClN2O2. The molecule has 1 heterocycles. The van der Waals surface area contributed by atoms with Crippen molar-refractivity contribution in [3.63, 3.8) is 0 Å². The smallest absolute Gasteiger partial charge is 0.335 e. The summed E-state index contributed by atoms with van der Waals surface area (Å²) in [6.07, 6.45) is 3.27. The van der Waals surface area contributed by atoms with Crippen molar-refractivity contribution in [1.29, 1.82) is 0 Å². The van der Waals surface area contributed by atoms with Crippen molar-refractivity contribution < 1.29 is 9.90 Å². The number of halogens is 1. The number of pyridine rings is 1. The fraction of sp³-hybridized carbons (Fsp3) is 0.0769. The van der Waals surface area contributed by atoms with Gasteiger partial charge in [-0.15, -0.1) is 0 Å². The second-order valence-electron chi connectivity index (χ2n) is 3.71. The van der Waals surface area contributed by atoms with Gasteiger partial charge in [0.2, 0.25) is 0 Å². The Morgan fingerprint density at radius 1 is 1.28 bits per heavy atom. The third-order valence-electron chi connectivity index (χ3n) is 2.45. The van der Waals surface area contributed by atoms with Crippen molar-refractivity contribution in [2.45, 2.75) is 6.54 Å². The number of aromatic nitrogens is 1. The number of carboxylic acid groups (broad SMARTS) is 1. The van der Waals surface area contributed by atoms with Gasteiger partial charge in [-0.2, -0.15) is 0 Å². The monoisotopic (exact) mass is 262 g/mol. The summed E-state index contributed by atoms with van der Waals surface area (Å²) in [6.45, 7) is 0.561. The highest BCUT2D eigenvalue weighted by atomic mass is 35.5. The number of anilines is 1. The zero-order chi connectivity index (χ0) is 13.0. The van der Waals surface area contributed by atoms with Gasteiger partial charge in [0.1, 0.15) is 0 Å². The van der Waals surface area contributed by atoms with Crippen molar-refractivity contribution in [3.05, 3.63) is 58.9 Å². The molecule has 0 spiro atoms. The van der Waals surface area contributed by atoms with E-state index < -0.39 is 5.97 Å². The lowest BCUT2D eigenvalue weighted by atomic mass is 10.1. The third kappa shape index (κ3) is 2.99. The Hall–Kier alpha value is -2.07. The van der Waals surface area contributed by atoms with Crippen LogP contribution in [0.3, 0.4) is 0 Å². The third-order valence-corrected chi connectivity index (χ3v) is 2.78. The minimum atomic E-state index is -0.926. The SMILES string of the molecule is O=C(O)c1ccc(CNc2cnccc2Cl)cc1. The molecular weight excluding hydrogens is 252 g/mol. The average molecular weight is 263 g/mol. The van der Waals surface area contributed by atoms with E-state index in [0.717, 1.165) is 11.3 Å². The highest BCUT2D eigenvalue weighted by molar-refractivity contribution is 6.33. The summed E-state index contributed by atoms with van der Waals surface area (Å²) in [5.74, 6) is -0.926. The minimum absolute atomic E-state index is 0.276. The van der Waals surface area contributed by atoms with E-state index in [1.165, 1.54) is 0 Å². The summed E-state index contributed by atoms with van der Waals surface area (Å²) in [5, 5.41) is 12.5. The number of aromatic carboxylic acids is 1. The molecule has 1 aromatic heterocycles. The van der Waals surface area contributed by atoms with Crippen LogP contribution < -0.4 is 5.32 Å². The average Bonchev–Trinajstić information content (AvgIpc) is 2.38. The highest BCUT2D eigenvalue weighted by Gasteiger charge is 2.02. The zero-order valence-corrected chi connectivity index (χ0v) is 10.2. The molecule has 2 rings (SSSR count). The standard InChI is InChI=1S/C13H11ClN2O2/c14-11-5-6-15-8-12(11)16-7-9-1-3-10(4-2-9)13(17)18/h1-6,8,16H,7H2,(H,17,18). The van der Waals surface area contributed by atoms with Crippen molar-refractivity contribution in [2.75, 3.05) is 5.32 Å². The van der Waals surface area contributed by atoms with Crippen LogP contribution in [0.5, 0.6) is 0 Å². The summed E-state index contributed by atoms with van der Waals surface area (Å²) in [5.41, 5.74) is 2.00. The predicted molar refractivity (Wildman–Crippen MR) is 70.0 cm³/mol. The number of hydrogen-bond donors (Lipinski definition) is 2. The summed E-state index contributed by atoms with van der Waals surface area (Å²) >= 11 is 5.98. The zero-order valence-electron chi connectivity index (χ0n) is 9.43. The predicted octanol–water partition coefficient (Wildman–Crippen LogP) is 3.05. The molecule has 2 N–H and O–H groups in total. The Labute approximate surface area is 109 Å². The number of rotatable bonds is 4. The maximum atomic E-state index is 10.7. The molecule has 0 saturated heterocycles. The first-order valence-electron chi connectivity index (χ1n) is 5.32. The van der Waals surface area contributed by atoms with E-state index >= 15 is 0 Å². The van der Waals surface area contributed by atoms with Gasteiger partial charge in [0.05, 0.1) is 22.5 Å². The molecule has 0 bridgehead atoms. The highest BCUT2D eigenvalue weighted by Crippen LogP contribution is 2.19. The molecule has 4 nitrogen and oxygen atoms in total.